The summed E-state index contributed by atoms with van der Waals surface area (Å²) in [5, 5.41) is 2.96. The van der Waals surface area contributed by atoms with Crippen LogP contribution in [0.4, 0.5) is 10.1 Å². The third-order valence-electron chi connectivity index (χ3n) is 7.09. The molecule has 2 aliphatic heterocycles. The highest BCUT2D eigenvalue weighted by Gasteiger charge is 2.59. The average molecular weight is 411 g/mol. The van der Waals surface area contributed by atoms with E-state index in [0.717, 1.165) is 36.3 Å². The van der Waals surface area contributed by atoms with E-state index in [1.807, 2.05) is 30.0 Å². The number of fused-ring (bicyclic) bond motifs is 5. The maximum Gasteiger partial charge on any atom is 0.240 e. The number of carbonyl (C=O) groups excluding carboxylic acids is 3. The molecule has 3 amide bonds. The van der Waals surface area contributed by atoms with Crippen LogP contribution in [0.2, 0.25) is 0 Å². The molecule has 1 saturated carbocycles. The molecule has 7 heteroatoms. The van der Waals surface area contributed by atoms with Crippen molar-refractivity contribution in [2.45, 2.75) is 32.2 Å². The van der Waals surface area contributed by atoms with E-state index >= 15 is 0 Å². The second-order valence-corrected chi connectivity index (χ2v) is 9.07. The molecule has 1 N–H and O–H groups in total. The number of hydrogen-bond donors (Lipinski definition) is 1. The van der Waals surface area contributed by atoms with Crippen LogP contribution < -0.4 is 10.2 Å². The van der Waals surface area contributed by atoms with Gasteiger partial charge in [-0.05, 0) is 55.7 Å². The van der Waals surface area contributed by atoms with Gasteiger partial charge in [0.25, 0.3) is 0 Å². The zero-order valence-corrected chi connectivity index (χ0v) is 17.0. The second-order valence-electron chi connectivity index (χ2n) is 9.07. The summed E-state index contributed by atoms with van der Waals surface area (Å²) in [6.45, 7) is 2.94. The van der Waals surface area contributed by atoms with Crippen molar-refractivity contribution in [3.05, 3.63) is 41.7 Å². The van der Waals surface area contributed by atoms with Crippen LogP contribution in [0.15, 0.2) is 30.4 Å². The van der Waals surface area contributed by atoms with Gasteiger partial charge in [0.05, 0.1) is 17.5 Å². The molecule has 2 saturated heterocycles. The number of amides is 3. The summed E-state index contributed by atoms with van der Waals surface area (Å²) >= 11 is 0. The molecule has 6 nitrogen and oxygen atoms in total. The molecule has 0 aromatic heterocycles. The Kier molecular flexibility index (Phi) is 4.64. The summed E-state index contributed by atoms with van der Waals surface area (Å²) in [6, 6.07) is 4.89. The van der Waals surface area contributed by atoms with Crippen LogP contribution >= 0.6 is 0 Å². The molecule has 5 unspecified atom stereocenters. The standard InChI is InChI=1S/C23H26FN3O3/c1-13-4-7-17(24)18(9-13)26-8-2-3-16(11-26)25-19(28)12-27-22(29)20-14-5-6-15(10-14)21(20)23(27)30/h4-7,9,14-16,20-21H,2-3,8,10-12H2,1H3,(H,25,28). The van der Waals surface area contributed by atoms with Gasteiger partial charge in [0.15, 0.2) is 0 Å². The molecule has 2 heterocycles. The van der Waals surface area contributed by atoms with E-state index < -0.39 is 0 Å². The zero-order valence-electron chi connectivity index (χ0n) is 17.0. The first-order valence-corrected chi connectivity index (χ1v) is 10.8. The predicted octanol–water partition coefficient (Wildman–Crippen LogP) is 2.03. The van der Waals surface area contributed by atoms with Gasteiger partial charge in [0.2, 0.25) is 17.7 Å². The van der Waals surface area contributed by atoms with Crippen LogP contribution in [0.5, 0.6) is 0 Å². The van der Waals surface area contributed by atoms with Crippen molar-refractivity contribution in [1.82, 2.24) is 10.2 Å². The van der Waals surface area contributed by atoms with Gasteiger partial charge in [0, 0.05) is 19.1 Å². The van der Waals surface area contributed by atoms with Crippen molar-refractivity contribution in [2.75, 3.05) is 24.5 Å². The van der Waals surface area contributed by atoms with Gasteiger partial charge in [-0.25, -0.2) is 4.39 Å². The van der Waals surface area contributed by atoms with Crippen molar-refractivity contribution in [3.63, 3.8) is 0 Å². The lowest BCUT2D eigenvalue weighted by Crippen LogP contribution is -2.51. The lowest BCUT2D eigenvalue weighted by molar-refractivity contribution is -0.144. The molecule has 158 valence electrons. The predicted molar refractivity (Wildman–Crippen MR) is 109 cm³/mol. The van der Waals surface area contributed by atoms with Crippen LogP contribution in [-0.2, 0) is 14.4 Å². The summed E-state index contributed by atoms with van der Waals surface area (Å²) in [4.78, 5) is 41.3. The summed E-state index contributed by atoms with van der Waals surface area (Å²) in [7, 11) is 0. The normalized spacial score (nSPS) is 32.1. The number of imide groups is 1. The fraction of sp³-hybridized carbons (Fsp3) is 0.522. The Morgan fingerprint density at radius 1 is 1.17 bits per heavy atom. The summed E-state index contributed by atoms with van der Waals surface area (Å²) in [5.41, 5.74) is 1.53. The van der Waals surface area contributed by atoms with E-state index in [1.165, 1.54) is 6.07 Å². The maximum absolute atomic E-state index is 14.3. The third kappa shape index (κ3) is 3.11. The number of allylic oxidation sites excluding steroid dienone is 2. The van der Waals surface area contributed by atoms with Crippen LogP contribution in [-0.4, -0.2) is 48.3 Å². The highest BCUT2D eigenvalue weighted by molar-refractivity contribution is 6.08. The molecule has 3 fully saturated rings. The van der Waals surface area contributed by atoms with Gasteiger partial charge in [0.1, 0.15) is 12.4 Å². The van der Waals surface area contributed by atoms with Crippen LogP contribution in [0, 0.1) is 36.4 Å². The van der Waals surface area contributed by atoms with Crippen molar-refractivity contribution in [3.8, 4) is 0 Å². The van der Waals surface area contributed by atoms with Crippen molar-refractivity contribution in [2.24, 2.45) is 23.7 Å². The second kappa shape index (κ2) is 7.22. The number of carbonyl (C=O) groups is 3. The summed E-state index contributed by atoms with van der Waals surface area (Å²) in [6.07, 6.45) is 6.58. The summed E-state index contributed by atoms with van der Waals surface area (Å²) < 4.78 is 14.3. The number of aryl methyl sites for hydroxylation is 1. The Balaban J connectivity index is 1.21. The Morgan fingerprint density at radius 2 is 1.87 bits per heavy atom. The monoisotopic (exact) mass is 411 g/mol. The van der Waals surface area contributed by atoms with E-state index in [2.05, 4.69) is 5.32 Å². The Labute approximate surface area is 175 Å². The smallest absolute Gasteiger partial charge is 0.240 e. The molecule has 5 atom stereocenters. The molecule has 2 aliphatic carbocycles. The highest BCUT2D eigenvalue weighted by atomic mass is 19.1. The quantitative estimate of drug-likeness (QED) is 0.608. The van der Waals surface area contributed by atoms with Crippen LogP contribution in [0.1, 0.15) is 24.8 Å². The first-order valence-electron chi connectivity index (χ1n) is 10.8. The molecule has 2 bridgehead atoms. The molecule has 4 aliphatic rings. The van der Waals surface area contributed by atoms with Gasteiger partial charge in [-0.3, -0.25) is 19.3 Å². The van der Waals surface area contributed by atoms with Gasteiger partial charge in [-0.1, -0.05) is 18.2 Å². The Hall–Kier alpha value is -2.70. The number of hydrogen-bond acceptors (Lipinski definition) is 4. The molecular formula is C23H26FN3O3. The molecule has 1 aromatic carbocycles. The Bertz CT molecular complexity index is 916. The molecule has 0 radical (unpaired) electrons. The average Bonchev–Trinajstić information content (AvgIpc) is 3.40. The van der Waals surface area contributed by atoms with Gasteiger partial charge in [-0.15, -0.1) is 0 Å². The minimum atomic E-state index is -0.325. The van der Waals surface area contributed by atoms with E-state index in [4.69, 9.17) is 0 Å². The SMILES string of the molecule is Cc1ccc(F)c(N2CCCC(NC(=O)CN3C(=O)C4C5C=CC(C5)C4C3=O)C2)c1. The molecular weight excluding hydrogens is 385 g/mol. The number of nitrogens with one attached hydrogen (secondary N) is 1. The lowest BCUT2D eigenvalue weighted by atomic mass is 9.85. The molecule has 1 aromatic rings. The number of halogens is 1. The van der Waals surface area contributed by atoms with Gasteiger partial charge >= 0.3 is 0 Å². The largest absolute Gasteiger partial charge is 0.367 e. The number of likely N-dealkylation sites (tertiary alicyclic amines) is 1. The number of rotatable bonds is 4. The number of piperidine rings is 1. The fourth-order valence-electron chi connectivity index (χ4n) is 5.72. The molecule has 0 spiro atoms. The molecule has 5 rings (SSSR count). The number of nitrogens with zero attached hydrogens (tertiary/aromatic N) is 2. The first kappa shape index (κ1) is 19.3. The minimum absolute atomic E-state index is 0.139. The topological polar surface area (TPSA) is 69.7 Å². The van der Waals surface area contributed by atoms with E-state index in [9.17, 15) is 18.8 Å². The van der Waals surface area contributed by atoms with Crippen molar-refractivity contribution >= 4 is 23.4 Å². The van der Waals surface area contributed by atoms with Crippen molar-refractivity contribution in [1.29, 1.82) is 0 Å². The van der Waals surface area contributed by atoms with Gasteiger partial charge in [-0.2, -0.15) is 0 Å². The number of anilines is 1. The van der Waals surface area contributed by atoms with E-state index in [-0.39, 0.29) is 59.8 Å². The van der Waals surface area contributed by atoms with Crippen LogP contribution in [0.3, 0.4) is 0 Å². The van der Waals surface area contributed by atoms with E-state index in [1.54, 1.807) is 6.07 Å². The number of benzene rings is 1. The highest BCUT2D eigenvalue weighted by Crippen LogP contribution is 2.52. The lowest BCUT2D eigenvalue weighted by Gasteiger charge is -2.35. The maximum atomic E-state index is 14.3. The van der Waals surface area contributed by atoms with E-state index in [0.29, 0.717) is 12.2 Å². The third-order valence-corrected chi connectivity index (χ3v) is 7.09. The molecule has 30 heavy (non-hydrogen) atoms. The van der Waals surface area contributed by atoms with Crippen molar-refractivity contribution < 1.29 is 18.8 Å². The zero-order chi connectivity index (χ0) is 21.0. The minimum Gasteiger partial charge on any atom is -0.367 e. The Morgan fingerprint density at radius 3 is 2.57 bits per heavy atom. The first-order chi connectivity index (χ1) is 14.4. The summed E-state index contributed by atoms with van der Waals surface area (Å²) in [5.74, 6) is -1.29. The van der Waals surface area contributed by atoms with Crippen LogP contribution in [0.25, 0.3) is 0 Å². The van der Waals surface area contributed by atoms with Gasteiger partial charge < -0.3 is 10.2 Å². The fourth-order valence-corrected chi connectivity index (χ4v) is 5.72.